The number of benzene rings is 3. The smallest absolute Gasteiger partial charge is 0.254 e. The van der Waals surface area contributed by atoms with Crippen molar-refractivity contribution in [3.63, 3.8) is 0 Å². The molecule has 3 aromatic carbocycles. The molecule has 0 aliphatic carbocycles. The molecule has 9 nitrogen and oxygen atoms in total. The molecule has 0 bridgehead atoms. The Labute approximate surface area is 251 Å². The Hall–Kier alpha value is -3.18. The fourth-order valence-corrected chi connectivity index (χ4v) is 6.43. The second kappa shape index (κ2) is 13.2. The average Bonchev–Trinajstić information content (AvgIpc) is 2.98. The number of nitrogens with zero attached hydrogens (tertiary/aromatic N) is 3. The Bertz CT molecular complexity index is 1490. The molecule has 0 radical (unpaired) electrons. The molecular formula is C29H33Cl2N3O6S. The van der Waals surface area contributed by atoms with Gasteiger partial charge < -0.3 is 24.0 Å². The van der Waals surface area contributed by atoms with E-state index in [1.165, 1.54) is 4.31 Å². The molecule has 12 heteroatoms. The summed E-state index contributed by atoms with van der Waals surface area (Å²) in [5.74, 6) is 1.60. The Morgan fingerprint density at radius 3 is 2.05 bits per heavy atom. The molecule has 1 aliphatic rings. The summed E-state index contributed by atoms with van der Waals surface area (Å²) >= 11 is 12.2. The molecule has 0 aromatic heterocycles. The average molecular weight is 623 g/mol. The molecule has 0 saturated carbocycles. The minimum atomic E-state index is -3.79. The molecular weight excluding hydrogens is 589 g/mol. The lowest BCUT2D eigenvalue weighted by atomic mass is 10.1. The van der Waals surface area contributed by atoms with E-state index in [1.807, 2.05) is 17.0 Å². The molecule has 1 aliphatic heterocycles. The van der Waals surface area contributed by atoms with Gasteiger partial charge in [0.15, 0.2) is 11.5 Å². The van der Waals surface area contributed by atoms with Crippen LogP contribution in [0.25, 0.3) is 0 Å². The number of piperazine rings is 1. The number of ether oxygens (including phenoxy) is 3. The molecule has 0 unspecified atom stereocenters. The van der Waals surface area contributed by atoms with Crippen molar-refractivity contribution in [2.45, 2.75) is 11.3 Å². The van der Waals surface area contributed by atoms with Gasteiger partial charge in [-0.05, 0) is 60.5 Å². The summed E-state index contributed by atoms with van der Waals surface area (Å²) in [4.78, 5) is 16.9. The van der Waals surface area contributed by atoms with Gasteiger partial charge in [-0.2, -0.15) is 0 Å². The molecule has 0 spiro atoms. The van der Waals surface area contributed by atoms with Gasteiger partial charge in [-0.25, -0.2) is 12.7 Å². The second-order valence-corrected chi connectivity index (χ2v) is 12.5. The molecule has 1 fully saturated rings. The topological polar surface area (TPSA) is 88.6 Å². The van der Waals surface area contributed by atoms with Gasteiger partial charge in [0, 0.05) is 55.4 Å². The van der Waals surface area contributed by atoms with E-state index in [1.54, 1.807) is 75.7 Å². The fraction of sp³-hybridized carbons (Fsp3) is 0.345. The Morgan fingerprint density at radius 2 is 1.44 bits per heavy atom. The van der Waals surface area contributed by atoms with Crippen LogP contribution in [0, 0.1) is 0 Å². The maximum atomic E-state index is 13.5. The van der Waals surface area contributed by atoms with E-state index in [-0.39, 0.29) is 17.3 Å². The largest absolute Gasteiger partial charge is 0.495 e. The van der Waals surface area contributed by atoms with E-state index < -0.39 is 10.0 Å². The first-order valence-electron chi connectivity index (χ1n) is 12.9. The zero-order chi connectivity index (χ0) is 29.7. The van der Waals surface area contributed by atoms with Crippen molar-refractivity contribution in [2.24, 2.45) is 0 Å². The molecule has 0 N–H and O–H groups in total. The van der Waals surface area contributed by atoms with E-state index in [0.717, 1.165) is 5.56 Å². The predicted molar refractivity (Wildman–Crippen MR) is 161 cm³/mol. The van der Waals surface area contributed by atoms with E-state index in [4.69, 9.17) is 37.4 Å². The number of hydrogen-bond acceptors (Lipinski definition) is 7. The quantitative estimate of drug-likeness (QED) is 0.320. The monoisotopic (exact) mass is 621 g/mol. The van der Waals surface area contributed by atoms with Gasteiger partial charge in [-0.1, -0.05) is 29.3 Å². The molecule has 0 atom stereocenters. The fourth-order valence-electron chi connectivity index (χ4n) is 4.71. The highest BCUT2D eigenvalue weighted by atomic mass is 35.5. The molecule has 1 amide bonds. The van der Waals surface area contributed by atoms with Crippen LogP contribution in [-0.2, 0) is 16.4 Å². The Morgan fingerprint density at radius 1 is 0.829 bits per heavy atom. The lowest BCUT2D eigenvalue weighted by Crippen LogP contribution is -2.49. The lowest BCUT2D eigenvalue weighted by Gasteiger charge is -2.37. The van der Waals surface area contributed by atoms with Crippen molar-refractivity contribution in [3.05, 3.63) is 75.8 Å². The van der Waals surface area contributed by atoms with Crippen LogP contribution in [0.3, 0.4) is 0 Å². The molecule has 3 aromatic rings. The van der Waals surface area contributed by atoms with Gasteiger partial charge in [0.05, 0.1) is 31.9 Å². The summed E-state index contributed by atoms with van der Waals surface area (Å²) in [6, 6.07) is 15.2. The van der Waals surface area contributed by atoms with E-state index >= 15 is 0 Å². The molecule has 1 saturated heterocycles. The molecule has 41 heavy (non-hydrogen) atoms. The van der Waals surface area contributed by atoms with Gasteiger partial charge in [-0.3, -0.25) is 4.79 Å². The maximum absolute atomic E-state index is 13.5. The highest BCUT2D eigenvalue weighted by Gasteiger charge is 2.27. The van der Waals surface area contributed by atoms with Gasteiger partial charge in [0.2, 0.25) is 10.0 Å². The number of rotatable bonds is 10. The maximum Gasteiger partial charge on any atom is 0.254 e. The van der Waals surface area contributed by atoms with Crippen molar-refractivity contribution in [1.29, 1.82) is 0 Å². The minimum Gasteiger partial charge on any atom is -0.495 e. The van der Waals surface area contributed by atoms with Crippen molar-refractivity contribution in [2.75, 3.05) is 66.0 Å². The van der Waals surface area contributed by atoms with Crippen LogP contribution in [0.1, 0.15) is 15.9 Å². The Balaban J connectivity index is 1.46. The zero-order valence-corrected chi connectivity index (χ0v) is 25.7. The van der Waals surface area contributed by atoms with Crippen LogP contribution in [0.5, 0.6) is 17.2 Å². The van der Waals surface area contributed by atoms with Crippen molar-refractivity contribution in [3.8, 4) is 17.2 Å². The number of methoxy groups -OCH3 is 3. The second-order valence-electron chi connectivity index (χ2n) is 9.54. The molecule has 4 rings (SSSR count). The number of halogens is 2. The molecule has 1 heterocycles. The summed E-state index contributed by atoms with van der Waals surface area (Å²) in [6.07, 6.45) is 0.493. The third kappa shape index (κ3) is 7.01. The van der Waals surface area contributed by atoms with Gasteiger partial charge in [0.25, 0.3) is 5.91 Å². The number of hydrogen-bond donors (Lipinski definition) is 0. The summed E-state index contributed by atoms with van der Waals surface area (Å²) in [5, 5.41) is 0.798. The van der Waals surface area contributed by atoms with Crippen LogP contribution in [0.15, 0.2) is 59.5 Å². The van der Waals surface area contributed by atoms with Crippen molar-refractivity contribution in [1.82, 2.24) is 9.21 Å². The SMILES string of the molecule is COc1ccc(CCN(C)S(=O)(=O)c2ccc(OC)c(N3CCN(C(=O)c4cc(Cl)cc(Cl)c4)CC3)c2)cc1OC. The number of carbonyl (C=O) groups excluding carboxylic acids is 1. The zero-order valence-electron chi connectivity index (χ0n) is 23.4. The number of carbonyl (C=O) groups is 1. The van der Waals surface area contributed by atoms with Gasteiger partial charge in [-0.15, -0.1) is 0 Å². The standard InChI is InChI=1S/C29H33Cl2N3O6S/c1-32(10-9-20-5-7-27(39-3)28(15-20)40-4)41(36,37)24-6-8-26(38-2)25(19-24)33-11-13-34(14-12-33)29(35)21-16-22(30)18-23(31)17-21/h5-8,15-19H,9-14H2,1-4H3. The van der Waals surface area contributed by atoms with E-state index in [9.17, 15) is 13.2 Å². The van der Waals surface area contributed by atoms with Crippen molar-refractivity contribution >= 4 is 44.8 Å². The summed E-state index contributed by atoms with van der Waals surface area (Å²) in [6.45, 7) is 2.14. The number of anilines is 1. The third-order valence-electron chi connectivity index (χ3n) is 7.04. The van der Waals surface area contributed by atoms with Crippen LogP contribution in [0.4, 0.5) is 5.69 Å². The van der Waals surface area contributed by atoms with Gasteiger partial charge >= 0.3 is 0 Å². The van der Waals surface area contributed by atoms with Crippen LogP contribution in [-0.4, -0.2) is 84.6 Å². The first kappa shape index (κ1) is 30.8. The van der Waals surface area contributed by atoms with Gasteiger partial charge in [0.1, 0.15) is 5.75 Å². The van der Waals surface area contributed by atoms with Crippen molar-refractivity contribution < 1.29 is 27.4 Å². The third-order valence-corrected chi connectivity index (χ3v) is 9.33. The van der Waals surface area contributed by atoms with E-state index in [2.05, 4.69) is 0 Å². The Kier molecular flexibility index (Phi) is 9.91. The summed E-state index contributed by atoms with van der Waals surface area (Å²) in [7, 11) is 2.45. The highest BCUT2D eigenvalue weighted by molar-refractivity contribution is 7.89. The lowest BCUT2D eigenvalue weighted by molar-refractivity contribution is 0.0746. The summed E-state index contributed by atoms with van der Waals surface area (Å²) < 4.78 is 44.6. The van der Waals surface area contributed by atoms with Crippen LogP contribution >= 0.6 is 23.2 Å². The summed E-state index contributed by atoms with van der Waals surface area (Å²) in [5.41, 5.74) is 2.00. The number of likely N-dealkylation sites (N-methyl/N-ethyl adjacent to an activating group) is 1. The number of amides is 1. The molecule has 220 valence electrons. The first-order valence-corrected chi connectivity index (χ1v) is 15.1. The van der Waals surface area contributed by atoms with E-state index in [0.29, 0.717) is 71.1 Å². The number of sulfonamides is 1. The minimum absolute atomic E-state index is 0.159. The van der Waals surface area contributed by atoms with Crippen LogP contribution in [0.2, 0.25) is 10.0 Å². The van der Waals surface area contributed by atoms with Crippen LogP contribution < -0.4 is 19.1 Å². The highest BCUT2D eigenvalue weighted by Crippen LogP contribution is 2.33. The first-order chi connectivity index (χ1) is 19.6. The predicted octanol–water partition coefficient (Wildman–Crippen LogP) is 4.84. The normalized spacial score (nSPS) is 13.8.